The summed E-state index contributed by atoms with van der Waals surface area (Å²) in [5.41, 5.74) is 3.43. The number of aromatic hydroxyl groups is 1. The molecule has 0 amide bonds. The predicted octanol–water partition coefficient (Wildman–Crippen LogP) is 3.39. The molecule has 2 unspecified atom stereocenters. The summed E-state index contributed by atoms with van der Waals surface area (Å²) in [6.45, 7) is 2.17. The van der Waals surface area contributed by atoms with Crippen molar-refractivity contribution in [3.8, 4) is 5.75 Å². The molecule has 2 aromatic carbocycles. The van der Waals surface area contributed by atoms with Crippen molar-refractivity contribution in [3.05, 3.63) is 64.4 Å². The third kappa shape index (κ3) is 3.33. The van der Waals surface area contributed by atoms with Gasteiger partial charge < -0.3 is 15.8 Å². The van der Waals surface area contributed by atoms with Gasteiger partial charge in [0.15, 0.2) is 5.84 Å². The van der Waals surface area contributed by atoms with E-state index in [-0.39, 0.29) is 28.1 Å². The SMILES string of the molecule is CCC1CCC(Nn2c(=O)c(C3=NS(=O)(=O)c4ccccc4N3)c(O)c3ccccc32)C1. The van der Waals surface area contributed by atoms with Crippen LogP contribution in [0.1, 0.15) is 38.2 Å². The van der Waals surface area contributed by atoms with E-state index in [1.807, 2.05) is 0 Å². The van der Waals surface area contributed by atoms with E-state index < -0.39 is 15.6 Å². The van der Waals surface area contributed by atoms with Gasteiger partial charge in [-0.2, -0.15) is 8.42 Å². The second-order valence-corrected chi connectivity index (χ2v) is 9.90. The molecule has 1 aliphatic carbocycles. The van der Waals surface area contributed by atoms with Crippen LogP contribution in [-0.2, 0) is 10.0 Å². The third-order valence-corrected chi connectivity index (χ3v) is 7.69. The standard InChI is InChI=1S/C23H24N4O4S/c1-2-14-11-12-15(13-14)25-27-18-9-5-3-7-16(18)21(28)20(23(27)29)22-24-17-8-4-6-10-19(17)32(30,31)26-22/h3-10,14-15,25,28H,2,11-13H2,1H3,(H,24,26). The molecule has 3 aromatic rings. The number of anilines is 1. The van der Waals surface area contributed by atoms with Crippen molar-refractivity contribution in [1.82, 2.24) is 4.68 Å². The van der Waals surface area contributed by atoms with Gasteiger partial charge in [0.25, 0.3) is 15.6 Å². The van der Waals surface area contributed by atoms with E-state index in [0.29, 0.717) is 22.5 Å². The lowest BCUT2D eigenvalue weighted by molar-refractivity contribution is 0.477. The van der Waals surface area contributed by atoms with Crippen molar-refractivity contribution in [1.29, 1.82) is 0 Å². The summed E-state index contributed by atoms with van der Waals surface area (Å²) in [5.74, 6) is 0.116. The number of hydrogen-bond donors (Lipinski definition) is 3. The summed E-state index contributed by atoms with van der Waals surface area (Å²) in [7, 11) is -4.03. The summed E-state index contributed by atoms with van der Waals surface area (Å²) in [4.78, 5) is 13.6. The Morgan fingerprint density at radius 2 is 1.91 bits per heavy atom. The molecule has 2 aliphatic rings. The zero-order valence-electron chi connectivity index (χ0n) is 17.6. The van der Waals surface area contributed by atoms with Crippen LogP contribution in [0.25, 0.3) is 10.9 Å². The van der Waals surface area contributed by atoms with Crippen molar-refractivity contribution >= 4 is 32.4 Å². The summed E-state index contributed by atoms with van der Waals surface area (Å²) in [6.07, 6.45) is 4.08. The Kier molecular flexibility index (Phi) is 4.93. The van der Waals surface area contributed by atoms with Crippen LogP contribution in [0.4, 0.5) is 5.69 Å². The van der Waals surface area contributed by atoms with E-state index in [1.165, 1.54) is 10.7 Å². The molecule has 3 N–H and O–H groups in total. The van der Waals surface area contributed by atoms with Gasteiger partial charge in [-0.25, -0.2) is 4.68 Å². The lowest BCUT2D eigenvalue weighted by Gasteiger charge is -2.23. The topological polar surface area (TPSA) is 113 Å². The van der Waals surface area contributed by atoms with Gasteiger partial charge in [-0.1, -0.05) is 37.6 Å². The number of rotatable bonds is 4. The van der Waals surface area contributed by atoms with E-state index in [4.69, 9.17) is 0 Å². The molecule has 0 saturated heterocycles. The first-order valence-electron chi connectivity index (χ1n) is 10.7. The number of sulfonamides is 1. The molecule has 1 saturated carbocycles. The predicted molar refractivity (Wildman–Crippen MR) is 124 cm³/mol. The second-order valence-electron chi connectivity index (χ2n) is 8.33. The van der Waals surface area contributed by atoms with Crippen LogP contribution in [-0.4, -0.2) is 30.1 Å². The lowest BCUT2D eigenvalue weighted by atomic mass is 10.1. The normalized spacial score (nSPS) is 21.6. The highest BCUT2D eigenvalue weighted by molar-refractivity contribution is 7.90. The van der Waals surface area contributed by atoms with Crippen LogP contribution >= 0.6 is 0 Å². The highest BCUT2D eigenvalue weighted by Gasteiger charge is 2.30. The van der Waals surface area contributed by atoms with Crippen molar-refractivity contribution in [2.75, 3.05) is 10.7 Å². The minimum atomic E-state index is -4.03. The fraction of sp³-hybridized carbons (Fsp3) is 0.304. The number of benzene rings is 2. The first-order chi connectivity index (χ1) is 15.4. The first kappa shape index (κ1) is 20.6. The van der Waals surface area contributed by atoms with Crippen LogP contribution in [0.3, 0.4) is 0 Å². The smallest absolute Gasteiger partial charge is 0.286 e. The molecular formula is C23H24N4O4S. The molecule has 1 aliphatic heterocycles. The van der Waals surface area contributed by atoms with Crippen LogP contribution < -0.4 is 16.3 Å². The van der Waals surface area contributed by atoms with E-state index in [9.17, 15) is 18.3 Å². The number of hydrogen-bond acceptors (Lipinski definition) is 6. The van der Waals surface area contributed by atoms with E-state index in [1.54, 1.807) is 42.5 Å². The van der Waals surface area contributed by atoms with Gasteiger partial charge in [-0.15, -0.1) is 4.40 Å². The molecule has 2 atom stereocenters. The quantitative estimate of drug-likeness (QED) is 0.559. The monoisotopic (exact) mass is 452 g/mol. The van der Waals surface area contributed by atoms with Crippen LogP contribution in [0, 0.1) is 5.92 Å². The maximum absolute atomic E-state index is 13.6. The number of pyridine rings is 1. The second kappa shape index (κ2) is 7.67. The molecule has 166 valence electrons. The minimum absolute atomic E-state index is 0.0269. The average Bonchev–Trinajstić information content (AvgIpc) is 3.24. The molecule has 2 heterocycles. The Bertz CT molecular complexity index is 1410. The third-order valence-electron chi connectivity index (χ3n) is 6.35. The molecule has 0 radical (unpaired) electrons. The highest BCUT2D eigenvalue weighted by Crippen LogP contribution is 2.33. The molecule has 5 rings (SSSR count). The van der Waals surface area contributed by atoms with Crippen molar-refractivity contribution in [2.45, 2.75) is 43.5 Å². The van der Waals surface area contributed by atoms with Gasteiger partial charge in [0.1, 0.15) is 16.2 Å². The Balaban J connectivity index is 1.68. The Labute approximate surface area is 185 Å². The summed E-state index contributed by atoms with van der Waals surface area (Å²) in [5, 5.41) is 14.4. The summed E-state index contributed by atoms with van der Waals surface area (Å²) < 4.78 is 30.7. The van der Waals surface area contributed by atoms with Crippen molar-refractivity contribution in [3.63, 3.8) is 0 Å². The number of nitrogens with one attached hydrogen (secondary N) is 2. The van der Waals surface area contributed by atoms with Gasteiger partial charge >= 0.3 is 0 Å². The van der Waals surface area contributed by atoms with Crippen molar-refractivity contribution < 1.29 is 13.5 Å². The molecule has 9 heteroatoms. The highest BCUT2D eigenvalue weighted by atomic mass is 32.2. The van der Waals surface area contributed by atoms with E-state index >= 15 is 0 Å². The molecule has 8 nitrogen and oxygen atoms in total. The van der Waals surface area contributed by atoms with E-state index in [2.05, 4.69) is 22.1 Å². The van der Waals surface area contributed by atoms with Gasteiger partial charge in [0.2, 0.25) is 0 Å². The van der Waals surface area contributed by atoms with Gasteiger partial charge in [-0.05, 0) is 49.4 Å². The number of amidine groups is 1. The maximum atomic E-state index is 13.6. The first-order valence-corrected chi connectivity index (χ1v) is 12.2. The summed E-state index contributed by atoms with van der Waals surface area (Å²) >= 11 is 0. The molecule has 32 heavy (non-hydrogen) atoms. The van der Waals surface area contributed by atoms with Crippen LogP contribution in [0.2, 0.25) is 0 Å². The lowest BCUT2D eigenvalue weighted by Crippen LogP contribution is -2.39. The van der Waals surface area contributed by atoms with Crippen molar-refractivity contribution in [2.24, 2.45) is 10.3 Å². The van der Waals surface area contributed by atoms with Gasteiger partial charge in [0, 0.05) is 11.4 Å². The molecular weight excluding hydrogens is 428 g/mol. The number of aromatic nitrogens is 1. The Hall–Kier alpha value is -3.33. The van der Waals surface area contributed by atoms with Gasteiger partial charge in [0.05, 0.1) is 11.2 Å². The largest absolute Gasteiger partial charge is 0.506 e. The summed E-state index contributed by atoms with van der Waals surface area (Å²) in [6, 6.07) is 13.4. The van der Waals surface area contributed by atoms with Gasteiger partial charge in [-0.3, -0.25) is 4.79 Å². The fourth-order valence-corrected chi connectivity index (χ4v) is 5.76. The molecule has 1 aromatic heterocycles. The molecule has 1 fully saturated rings. The van der Waals surface area contributed by atoms with Crippen LogP contribution in [0.5, 0.6) is 5.75 Å². The maximum Gasteiger partial charge on any atom is 0.286 e. The minimum Gasteiger partial charge on any atom is -0.506 e. The number of nitrogens with zero attached hydrogens (tertiary/aromatic N) is 2. The molecule has 0 spiro atoms. The van der Waals surface area contributed by atoms with E-state index in [0.717, 1.165) is 25.7 Å². The Morgan fingerprint density at radius 1 is 1.16 bits per heavy atom. The number of para-hydroxylation sites is 2. The zero-order chi connectivity index (χ0) is 22.5. The zero-order valence-corrected chi connectivity index (χ0v) is 18.4. The fourth-order valence-electron chi connectivity index (χ4n) is 4.64. The van der Waals surface area contributed by atoms with Crippen LogP contribution in [0.15, 0.2) is 62.6 Å². The average molecular weight is 453 g/mol. The Morgan fingerprint density at radius 3 is 2.69 bits per heavy atom. The molecule has 0 bridgehead atoms. The number of fused-ring (bicyclic) bond motifs is 2.